The van der Waals surface area contributed by atoms with Gasteiger partial charge in [0.05, 0.1) is 5.69 Å². The number of benzene rings is 2. The van der Waals surface area contributed by atoms with Crippen LogP contribution in [-0.4, -0.2) is 28.2 Å². The lowest BCUT2D eigenvalue weighted by atomic mass is 10.1. The van der Waals surface area contributed by atoms with E-state index in [1.54, 1.807) is 6.07 Å². The number of hydrogen-bond donors (Lipinski definition) is 1. The Labute approximate surface area is 172 Å². The third-order valence-corrected chi connectivity index (χ3v) is 5.61. The quantitative estimate of drug-likeness (QED) is 0.653. The molecule has 2 amide bonds. The van der Waals surface area contributed by atoms with Gasteiger partial charge in [0.2, 0.25) is 5.91 Å². The Morgan fingerprint density at radius 2 is 2.04 bits per heavy atom. The second kappa shape index (κ2) is 8.12. The lowest BCUT2D eigenvalue weighted by Gasteiger charge is -2.15. The zero-order chi connectivity index (χ0) is 19.5. The van der Waals surface area contributed by atoms with Crippen LogP contribution in [0.3, 0.4) is 0 Å². The molecule has 0 bridgehead atoms. The zero-order valence-electron chi connectivity index (χ0n) is 15.0. The minimum Gasteiger partial charge on any atom is -0.338 e. The molecule has 2 heterocycles. The number of thiazole rings is 1. The summed E-state index contributed by atoms with van der Waals surface area (Å²) < 4.78 is 0. The topological polar surface area (TPSA) is 62.3 Å². The van der Waals surface area contributed by atoms with Gasteiger partial charge in [-0.05, 0) is 36.2 Å². The van der Waals surface area contributed by atoms with Crippen LogP contribution in [0.4, 0.5) is 5.13 Å². The van der Waals surface area contributed by atoms with Crippen LogP contribution in [0.5, 0.6) is 0 Å². The lowest BCUT2D eigenvalue weighted by molar-refractivity contribution is -0.128. The first-order chi connectivity index (χ1) is 13.6. The van der Waals surface area contributed by atoms with E-state index in [1.165, 1.54) is 11.3 Å². The van der Waals surface area contributed by atoms with Crippen LogP contribution < -0.4 is 5.32 Å². The van der Waals surface area contributed by atoms with Gasteiger partial charge in [0, 0.05) is 41.0 Å². The smallest absolute Gasteiger partial charge is 0.257 e. The molecule has 0 spiro atoms. The summed E-state index contributed by atoms with van der Waals surface area (Å²) in [6.07, 6.45) is 1.51. The number of carbonyl (C=O) groups excluding carboxylic acids is 2. The SMILES string of the molecule is O=C(Nc1nc(-c2ccc(Cl)cc2)cs1)c1cccc(CN2CCCC2=O)c1. The van der Waals surface area contributed by atoms with Gasteiger partial charge in [-0.25, -0.2) is 4.98 Å². The molecule has 5 nitrogen and oxygen atoms in total. The molecule has 0 radical (unpaired) electrons. The number of aromatic nitrogens is 1. The van der Waals surface area contributed by atoms with Gasteiger partial charge in [-0.3, -0.25) is 14.9 Å². The van der Waals surface area contributed by atoms with Crippen molar-refractivity contribution in [3.8, 4) is 11.3 Å². The molecule has 142 valence electrons. The monoisotopic (exact) mass is 411 g/mol. The molecule has 2 aromatic carbocycles. The Hall–Kier alpha value is -2.70. The van der Waals surface area contributed by atoms with Gasteiger partial charge in [-0.1, -0.05) is 35.9 Å². The van der Waals surface area contributed by atoms with Crippen molar-refractivity contribution < 1.29 is 9.59 Å². The molecular weight excluding hydrogens is 394 g/mol. The standard InChI is InChI=1S/C21H18ClN3O2S/c22-17-8-6-15(7-9-17)18-13-28-21(23-18)24-20(27)16-4-1-3-14(11-16)12-25-10-2-5-19(25)26/h1,3-4,6-9,11,13H,2,5,10,12H2,(H,23,24,27). The Morgan fingerprint density at radius 3 is 2.79 bits per heavy atom. The van der Waals surface area contributed by atoms with Gasteiger partial charge in [0.15, 0.2) is 5.13 Å². The summed E-state index contributed by atoms with van der Waals surface area (Å²) in [5, 5.41) is 5.95. The highest BCUT2D eigenvalue weighted by molar-refractivity contribution is 7.14. The number of carbonyl (C=O) groups is 2. The second-order valence-electron chi connectivity index (χ2n) is 6.62. The molecule has 1 saturated heterocycles. The van der Waals surface area contributed by atoms with Crippen LogP contribution >= 0.6 is 22.9 Å². The van der Waals surface area contributed by atoms with Gasteiger partial charge in [0.1, 0.15) is 0 Å². The molecule has 3 aromatic rings. The Bertz CT molecular complexity index is 1020. The number of amides is 2. The second-order valence-corrected chi connectivity index (χ2v) is 7.91. The summed E-state index contributed by atoms with van der Waals surface area (Å²) in [6, 6.07) is 14.8. The van der Waals surface area contributed by atoms with Crippen molar-refractivity contribution in [3.63, 3.8) is 0 Å². The summed E-state index contributed by atoms with van der Waals surface area (Å²) in [5.41, 5.74) is 3.23. The number of likely N-dealkylation sites (tertiary alicyclic amines) is 1. The summed E-state index contributed by atoms with van der Waals surface area (Å²) in [5.74, 6) is -0.0426. The first kappa shape index (κ1) is 18.7. The summed E-state index contributed by atoms with van der Waals surface area (Å²) >= 11 is 7.29. The van der Waals surface area contributed by atoms with Crippen LogP contribution in [-0.2, 0) is 11.3 Å². The Balaban J connectivity index is 1.44. The average Bonchev–Trinajstić information content (AvgIpc) is 3.32. The lowest BCUT2D eigenvalue weighted by Crippen LogP contribution is -2.24. The van der Waals surface area contributed by atoms with Crippen molar-refractivity contribution in [1.29, 1.82) is 0 Å². The minimum absolute atomic E-state index is 0.173. The van der Waals surface area contributed by atoms with Crippen LogP contribution in [0.2, 0.25) is 5.02 Å². The van der Waals surface area contributed by atoms with E-state index in [9.17, 15) is 9.59 Å². The van der Waals surface area contributed by atoms with E-state index >= 15 is 0 Å². The van der Waals surface area contributed by atoms with Crippen molar-refractivity contribution in [3.05, 3.63) is 70.1 Å². The van der Waals surface area contributed by atoms with Gasteiger partial charge in [-0.15, -0.1) is 11.3 Å². The van der Waals surface area contributed by atoms with Gasteiger partial charge in [0.25, 0.3) is 5.91 Å². The van der Waals surface area contributed by atoms with E-state index in [-0.39, 0.29) is 11.8 Å². The molecule has 4 rings (SSSR count). The number of nitrogens with one attached hydrogen (secondary N) is 1. The number of rotatable bonds is 5. The van der Waals surface area contributed by atoms with Crippen LogP contribution in [0.15, 0.2) is 53.9 Å². The highest BCUT2D eigenvalue weighted by Crippen LogP contribution is 2.26. The number of anilines is 1. The van der Waals surface area contributed by atoms with Gasteiger partial charge >= 0.3 is 0 Å². The largest absolute Gasteiger partial charge is 0.338 e. The van der Waals surface area contributed by atoms with E-state index in [2.05, 4.69) is 10.3 Å². The van der Waals surface area contributed by atoms with Crippen LogP contribution in [0, 0.1) is 0 Å². The van der Waals surface area contributed by atoms with Crippen molar-refractivity contribution in [1.82, 2.24) is 9.88 Å². The highest BCUT2D eigenvalue weighted by atomic mass is 35.5. The fourth-order valence-corrected chi connectivity index (χ4v) is 4.00. The summed E-state index contributed by atoms with van der Waals surface area (Å²) in [7, 11) is 0. The molecule has 0 aliphatic carbocycles. The molecule has 0 atom stereocenters. The van der Waals surface area contributed by atoms with E-state index in [1.807, 2.05) is 52.7 Å². The summed E-state index contributed by atoms with van der Waals surface area (Å²) in [4.78, 5) is 30.7. The minimum atomic E-state index is -0.216. The molecule has 1 aliphatic rings. The van der Waals surface area contributed by atoms with Crippen molar-refractivity contribution in [2.75, 3.05) is 11.9 Å². The predicted octanol–water partition coefficient (Wildman–Crippen LogP) is 4.84. The highest BCUT2D eigenvalue weighted by Gasteiger charge is 2.20. The van der Waals surface area contributed by atoms with E-state index in [4.69, 9.17) is 11.6 Å². The van der Waals surface area contributed by atoms with Crippen molar-refractivity contribution >= 4 is 39.9 Å². The first-order valence-electron chi connectivity index (χ1n) is 8.98. The Morgan fingerprint density at radius 1 is 1.21 bits per heavy atom. The van der Waals surface area contributed by atoms with Gasteiger partial charge < -0.3 is 4.90 Å². The molecule has 7 heteroatoms. The molecule has 1 aromatic heterocycles. The van der Waals surface area contributed by atoms with E-state index < -0.39 is 0 Å². The molecule has 0 unspecified atom stereocenters. The molecule has 1 aliphatic heterocycles. The fraction of sp³-hybridized carbons (Fsp3) is 0.190. The number of hydrogen-bond acceptors (Lipinski definition) is 4. The zero-order valence-corrected chi connectivity index (χ0v) is 16.6. The van der Waals surface area contributed by atoms with E-state index in [0.29, 0.717) is 28.7 Å². The fourth-order valence-electron chi connectivity index (χ4n) is 3.16. The normalized spacial score (nSPS) is 13.8. The van der Waals surface area contributed by atoms with Crippen molar-refractivity contribution in [2.24, 2.45) is 0 Å². The predicted molar refractivity (Wildman–Crippen MR) is 112 cm³/mol. The maximum atomic E-state index is 12.6. The molecule has 0 saturated carbocycles. The van der Waals surface area contributed by atoms with Crippen molar-refractivity contribution in [2.45, 2.75) is 19.4 Å². The van der Waals surface area contributed by atoms with Crippen LogP contribution in [0.25, 0.3) is 11.3 Å². The molecule has 28 heavy (non-hydrogen) atoms. The maximum Gasteiger partial charge on any atom is 0.257 e. The maximum absolute atomic E-state index is 12.6. The molecular formula is C21H18ClN3O2S. The van der Waals surface area contributed by atoms with E-state index in [0.717, 1.165) is 29.8 Å². The van der Waals surface area contributed by atoms with Crippen LogP contribution in [0.1, 0.15) is 28.8 Å². The first-order valence-corrected chi connectivity index (χ1v) is 10.2. The third kappa shape index (κ3) is 4.24. The molecule has 1 fully saturated rings. The van der Waals surface area contributed by atoms with Gasteiger partial charge in [-0.2, -0.15) is 0 Å². The third-order valence-electron chi connectivity index (χ3n) is 4.60. The molecule has 1 N–H and O–H groups in total. The number of nitrogens with zero attached hydrogens (tertiary/aromatic N) is 2. The average molecular weight is 412 g/mol. The summed E-state index contributed by atoms with van der Waals surface area (Å²) in [6.45, 7) is 1.32. The Kier molecular flexibility index (Phi) is 5.41. The number of halogens is 1.